The smallest absolute Gasteiger partial charge is 0.309 e. The van der Waals surface area contributed by atoms with Gasteiger partial charge in [0, 0.05) is 0 Å². The van der Waals surface area contributed by atoms with Gasteiger partial charge in [-0.2, -0.15) is 0 Å². The Hall–Kier alpha value is -1.06. The van der Waals surface area contributed by atoms with E-state index in [1.807, 2.05) is 13.8 Å². The minimum absolute atomic E-state index is 0.321. The highest BCUT2D eigenvalue weighted by Crippen LogP contribution is 2.31. The predicted octanol–water partition coefficient (Wildman–Crippen LogP) is 2.47. The van der Waals surface area contributed by atoms with Crippen LogP contribution < -0.4 is 0 Å². The summed E-state index contributed by atoms with van der Waals surface area (Å²) in [4.78, 5) is 22.3. The van der Waals surface area contributed by atoms with E-state index in [1.54, 1.807) is 6.92 Å². The van der Waals surface area contributed by atoms with Gasteiger partial charge in [-0.3, -0.25) is 9.59 Å². The van der Waals surface area contributed by atoms with E-state index in [4.69, 9.17) is 9.84 Å². The fourth-order valence-corrected chi connectivity index (χ4v) is 1.96. The van der Waals surface area contributed by atoms with Crippen molar-refractivity contribution in [3.63, 3.8) is 0 Å². The molecule has 16 heavy (non-hydrogen) atoms. The zero-order valence-electron chi connectivity index (χ0n) is 10.4. The molecule has 0 saturated heterocycles. The van der Waals surface area contributed by atoms with Gasteiger partial charge in [0.25, 0.3) is 0 Å². The number of carboxylic acids is 1. The second-order valence-corrected chi connectivity index (χ2v) is 3.59. The molecule has 94 valence electrons. The third-order valence-electron chi connectivity index (χ3n) is 2.67. The van der Waals surface area contributed by atoms with Crippen molar-refractivity contribution in [3.05, 3.63) is 0 Å². The van der Waals surface area contributed by atoms with E-state index < -0.39 is 17.8 Å². The van der Waals surface area contributed by atoms with Crippen LogP contribution in [-0.2, 0) is 14.3 Å². The highest BCUT2D eigenvalue weighted by atomic mass is 16.5. The first-order valence-electron chi connectivity index (χ1n) is 6.06. The maximum atomic E-state index is 11.4. The van der Waals surface area contributed by atoms with Gasteiger partial charge in [-0.05, 0) is 19.8 Å². The number of esters is 1. The molecule has 1 saturated carbocycles. The molecule has 0 amide bonds. The Kier molecular flexibility index (Phi) is 7.60. The fourth-order valence-electron chi connectivity index (χ4n) is 1.96. The monoisotopic (exact) mass is 230 g/mol. The summed E-state index contributed by atoms with van der Waals surface area (Å²) in [6.45, 7) is 6.05. The molecule has 1 aliphatic carbocycles. The number of hydrogen-bond donors (Lipinski definition) is 1. The lowest BCUT2D eigenvalue weighted by molar-refractivity contribution is -0.159. The van der Waals surface area contributed by atoms with Gasteiger partial charge in [-0.25, -0.2) is 0 Å². The largest absolute Gasteiger partial charge is 0.481 e. The summed E-state index contributed by atoms with van der Waals surface area (Å²) in [6.07, 6.45) is 3.06. The Balaban J connectivity index is 0.00000106. The van der Waals surface area contributed by atoms with Crippen LogP contribution in [0.3, 0.4) is 0 Å². The first-order valence-corrected chi connectivity index (χ1v) is 6.06. The molecule has 2 unspecified atom stereocenters. The molecule has 4 nitrogen and oxygen atoms in total. The summed E-state index contributed by atoms with van der Waals surface area (Å²) in [6, 6.07) is 0. The van der Waals surface area contributed by atoms with E-state index in [0.717, 1.165) is 12.8 Å². The summed E-state index contributed by atoms with van der Waals surface area (Å²) in [5.74, 6) is -2.19. The third kappa shape index (κ3) is 4.21. The van der Waals surface area contributed by atoms with Crippen molar-refractivity contribution >= 4 is 11.9 Å². The van der Waals surface area contributed by atoms with Crippen LogP contribution in [0.1, 0.15) is 46.5 Å². The maximum Gasteiger partial charge on any atom is 0.309 e. The van der Waals surface area contributed by atoms with Gasteiger partial charge in [0.1, 0.15) is 0 Å². The molecular formula is C12H22O4. The number of aliphatic carboxylic acids is 1. The predicted molar refractivity (Wildman–Crippen MR) is 61.1 cm³/mol. The molecule has 2 atom stereocenters. The number of carboxylic acid groups (broad SMARTS) is 1. The van der Waals surface area contributed by atoms with Crippen LogP contribution in [0.4, 0.5) is 0 Å². The zero-order chi connectivity index (χ0) is 12.6. The Morgan fingerprint density at radius 2 is 1.69 bits per heavy atom. The van der Waals surface area contributed by atoms with E-state index in [9.17, 15) is 9.59 Å². The summed E-state index contributed by atoms with van der Waals surface area (Å²) in [5.41, 5.74) is 0. The molecule has 0 radical (unpaired) electrons. The van der Waals surface area contributed by atoms with Crippen LogP contribution in [-0.4, -0.2) is 23.7 Å². The van der Waals surface area contributed by atoms with E-state index >= 15 is 0 Å². The quantitative estimate of drug-likeness (QED) is 0.756. The van der Waals surface area contributed by atoms with Crippen LogP contribution in [0.2, 0.25) is 0 Å². The molecule has 0 aromatic carbocycles. The highest BCUT2D eigenvalue weighted by Gasteiger charge is 2.36. The van der Waals surface area contributed by atoms with Gasteiger partial charge in [-0.1, -0.05) is 26.7 Å². The standard InChI is InChI=1S/C10H16O4.C2H6/c1-2-14-10(13)8-6-4-3-5-7(8)9(11)12;1-2/h7-8H,2-6H2,1H3,(H,11,12);1-2H3. The Morgan fingerprint density at radius 1 is 1.19 bits per heavy atom. The molecule has 0 aliphatic heterocycles. The lowest BCUT2D eigenvalue weighted by atomic mass is 9.79. The van der Waals surface area contributed by atoms with E-state index in [1.165, 1.54) is 0 Å². The second kappa shape index (κ2) is 8.13. The Labute approximate surface area is 97.0 Å². The molecule has 1 rings (SSSR count). The van der Waals surface area contributed by atoms with Crippen molar-refractivity contribution in [1.29, 1.82) is 0 Å². The summed E-state index contributed by atoms with van der Waals surface area (Å²) >= 11 is 0. The van der Waals surface area contributed by atoms with Gasteiger partial charge in [-0.15, -0.1) is 0 Å². The van der Waals surface area contributed by atoms with Crippen molar-refractivity contribution in [2.75, 3.05) is 6.61 Å². The van der Waals surface area contributed by atoms with Gasteiger partial charge in [0.2, 0.25) is 0 Å². The number of hydrogen-bond acceptors (Lipinski definition) is 3. The van der Waals surface area contributed by atoms with Crippen molar-refractivity contribution < 1.29 is 19.4 Å². The van der Waals surface area contributed by atoms with Gasteiger partial charge >= 0.3 is 11.9 Å². The van der Waals surface area contributed by atoms with Gasteiger partial charge < -0.3 is 9.84 Å². The highest BCUT2D eigenvalue weighted by molar-refractivity contribution is 5.81. The number of carbonyl (C=O) groups is 2. The normalized spacial score (nSPS) is 23.9. The average Bonchev–Trinajstić information content (AvgIpc) is 2.32. The average molecular weight is 230 g/mol. The first kappa shape index (κ1) is 14.9. The van der Waals surface area contributed by atoms with Crippen LogP contribution in [0.15, 0.2) is 0 Å². The lowest BCUT2D eigenvalue weighted by Crippen LogP contribution is -2.33. The maximum absolute atomic E-state index is 11.4. The Morgan fingerprint density at radius 3 is 2.12 bits per heavy atom. The van der Waals surface area contributed by atoms with Crippen LogP contribution >= 0.6 is 0 Å². The molecule has 1 fully saturated rings. The van der Waals surface area contributed by atoms with Crippen molar-refractivity contribution in [3.8, 4) is 0 Å². The van der Waals surface area contributed by atoms with Crippen molar-refractivity contribution in [2.24, 2.45) is 11.8 Å². The fraction of sp³-hybridized carbons (Fsp3) is 0.833. The van der Waals surface area contributed by atoms with Gasteiger partial charge in [0.05, 0.1) is 18.4 Å². The molecule has 1 aliphatic rings. The van der Waals surface area contributed by atoms with Crippen LogP contribution in [0.5, 0.6) is 0 Å². The first-order chi connectivity index (χ1) is 7.66. The lowest BCUT2D eigenvalue weighted by Gasteiger charge is -2.26. The Bertz CT molecular complexity index is 225. The SMILES string of the molecule is CC.CCOC(=O)C1CCCCC1C(=O)O. The molecule has 1 N–H and O–H groups in total. The number of rotatable bonds is 3. The summed E-state index contributed by atoms with van der Waals surface area (Å²) < 4.78 is 4.86. The molecule has 0 aromatic heterocycles. The number of ether oxygens (including phenoxy) is 1. The molecule has 0 bridgehead atoms. The summed E-state index contributed by atoms with van der Waals surface area (Å²) in [5, 5.41) is 8.92. The van der Waals surface area contributed by atoms with Crippen LogP contribution in [0, 0.1) is 11.8 Å². The van der Waals surface area contributed by atoms with Crippen molar-refractivity contribution in [2.45, 2.75) is 46.5 Å². The molecule has 0 aromatic rings. The van der Waals surface area contributed by atoms with E-state index in [0.29, 0.717) is 19.4 Å². The molecule has 4 heteroatoms. The minimum Gasteiger partial charge on any atom is -0.481 e. The van der Waals surface area contributed by atoms with Crippen molar-refractivity contribution in [1.82, 2.24) is 0 Å². The molecule has 0 spiro atoms. The van der Waals surface area contributed by atoms with Gasteiger partial charge in [0.15, 0.2) is 0 Å². The van der Waals surface area contributed by atoms with E-state index in [2.05, 4.69) is 0 Å². The zero-order valence-corrected chi connectivity index (χ0v) is 10.4. The summed E-state index contributed by atoms with van der Waals surface area (Å²) in [7, 11) is 0. The topological polar surface area (TPSA) is 63.6 Å². The van der Waals surface area contributed by atoms with E-state index in [-0.39, 0.29) is 5.97 Å². The minimum atomic E-state index is -0.872. The van der Waals surface area contributed by atoms with Crippen LogP contribution in [0.25, 0.3) is 0 Å². The number of carbonyl (C=O) groups excluding carboxylic acids is 1. The third-order valence-corrected chi connectivity index (χ3v) is 2.67. The second-order valence-electron chi connectivity index (χ2n) is 3.59. The molecule has 0 heterocycles. The molecular weight excluding hydrogens is 208 g/mol.